The van der Waals surface area contributed by atoms with E-state index < -0.39 is 0 Å². The lowest BCUT2D eigenvalue weighted by molar-refractivity contribution is -0.113. The normalized spacial score (nSPS) is 10.0. The van der Waals surface area contributed by atoms with E-state index in [1.54, 1.807) is 6.07 Å². The average Bonchev–Trinajstić information content (AvgIpc) is 2.17. The Bertz CT molecular complexity index is 382. The maximum Gasteiger partial charge on any atom is 0.234 e. The molecule has 1 rings (SSSR count). The van der Waals surface area contributed by atoms with E-state index in [1.807, 2.05) is 37.4 Å². The molecule has 0 saturated heterocycles. The minimum Gasteiger partial charge on any atom is -0.376 e. The summed E-state index contributed by atoms with van der Waals surface area (Å²) < 4.78 is 0. The molecule has 0 aliphatic heterocycles. The zero-order chi connectivity index (χ0) is 12.1. The van der Waals surface area contributed by atoms with Gasteiger partial charge < -0.3 is 10.2 Å². The Morgan fingerprint density at radius 2 is 2.19 bits per heavy atom. The smallest absolute Gasteiger partial charge is 0.234 e. The topological polar surface area (TPSA) is 32.3 Å². The Morgan fingerprint density at radius 1 is 1.50 bits per heavy atom. The first-order chi connectivity index (χ1) is 7.54. The third kappa shape index (κ3) is 3.61. The van der Waals surface area contributed by atoms with Crippen molar-refractivity contribution >= 4 is 40.6 Å². The third-order valence-electron chi connectivity index (χ3n) is 1.99. The van der Waals surface area contributed by atoms with Gasteiger partial charge in [0.1, 0.15) is 0 Å². The van der Waals surface area contributed by atoms with E-state index in [4.69, 9.17) is 11.6 Å². The fourth-order valence-electron chi connectivity index (χ4n) is 1.28. The number of carbonyl (C=O) groups is 1. The van der Waals surface area contributed by atoms with Gasteiger partial charge in [0.2, 0.25) is 5.91 Å². The van der Waals surface area contributed by atoms with E-state index in [0.717, 1.165) is 11.4 Å². The highest BCUT2D eigenvalue weighted by atomic mass is 35.5. The summed E-state index contributed by atoms with van der Waals surface area (Å²) in [6.07, 6.45) is 1.89. The van der Waals surface area contributed by atoms with Crippen LogP contribution in [0.3, 0.4) is 0 Å². The van der Waals surface area contributed by atoms with Gasteiger partial charge in [0.05, 0.1) is 16.5 Å². The summed E-state index contributed by atoms with van der Waals surface area (Å²) in [5, 5.41) is 3.42. The van der Waals surface area contributed by atoms with Crippen LogP contribution < -0.4 is 10.2 Å². The van der Waals surface area contributed by atoms with Gasteiger partial charge in [-0.2, -0.15) is 11.8 Å². The Morgan fingerprint density at radius 3 is 2.69 bits per heavy atom. The van der Waals surface area contributed by atoms with Crippen LogP contribution in [0.2, 0.25) is 5.02 Å². The second kappa shape index (κ2) is 6.01. The van der Waals surface area contributed by atoms with Crippen LogP contribution in [0.25, 0.3) is 0 Å². The monoisotopic (exact) mass is 258 g/mol. The molecule has 0 unspecified atom stereocenters. The maximum absolute atomic E-state index is 11.4. The molecule has 0 aromatic heterocycles. The Kier molecular flexibility index (Phi) is 4.96. The molecular weight excluding hydrogens is 244 g/mol. The van der Waals surface area contributed by atoms with Crippen molar-refractivity contribution in [3.63, 3.8) is 0 Å². The highest BCUT2D eigenvalue weighted by Gasteiger charge is 2.05. The van der Waals surface area contributed by atoms with E-state index in [1.165, 1.54) is 11.8 Å². The molecule has 1 amide bonds. The third-order valence-corrected chi connectivity index (χ3v) is 2.84. The van der Waals surface area contributed by atoms with E-state index in [2.05, 4.69) is 5.32 Å². The molecule has 0 aliphatic carbocycles. The van der Waals surface area contributed by atoms with E-state index in [0.29, 0.717) is 10.8 Å². The highest BCUT2D eigenvalue weighted by Crippen LogP contribution is 2.27. The van der Waals surface area contributed by atoms with E-state index in [9.17, 15) is 4.79 Å². The standard InChI is InChI=1S/C11H15ClN2OS/c1-14(2)10-5-4-8(6-9(10)12)13-11(15)7-16-3/h4-6H,7H2,1-3H3,(H,13,15). The number of hydrogen-bond donors (Lipinski definition) is 1. The molecule has 1 aromatic rings. The van der Waals surface area contributed by atoms with Gasteiger partial charge in [-0.1, -0.05) is 11.6 Å². The number of carbonyl (C=O) groups excluding carboxylic acids is 1. The minimum absolute atomic E-state index is 0.0128. The number of nitrogens with zero attached hydrogens (tertiary/aromatic N) is 1. The molecule has 1 aromatic carbocycles. The lowest BCUT2D eigenvalue weighted by Gasteiger charge is -2.15. The Hall–Kier alpha value is -0.870. The summed E-state index contributed by atoms with van der Waals surface area (Å²) in [4.78, 5) is 13.3. The zero-order valence-corrected chi connectivity index (χ0v) is 11.2. The number of amides is 1. The molecule has 0 aliphatic rings. The van der Waals surface area contributed by atoms with Gasteiger partial charge in [-0.05, 0) is 24.5 Å². The molecule has 1 N–H and O–H groups in total. The molecule has 0 saturated carbocycles. The number of thioether (sulfide) groups is 1. The molecule has 0 heterocycles. The first-order valence-corrected chi connectivity index (χ1v) is 6.57. The first kappa shape index (κ1) is 13.2. The number of anilines is 2. The maximum atomic E-state index is 11.4. The van der Waals surface area contributed by atoms with E-state index >= 15 is 0 Å². The van der Waals surface area contributed by atoms with Crippen LogP contribution in [0.5, 0.6) is 0 Å². The SMILES string of the molecule is CSCC(=O)Nc1ccc(N(C)C)c(Cl)c1. The van der Waals surface area contributed by atoms with Crippen molar-refractivity contribution in [3.8, 4) is 0 Å². The molecule has 0 fully saturated rings. The minimum atomic E-state index is -0.0128. The van der Waals surface area contributed by atoms with Gasteiger partial charge in [-0.3, -0.25) is 4.79 Å². The van der Waals surface area contributed by atoms with Crippen LogP contribution in [-0.2, 0) is 4.79 Å². The van der Waals surface area contributed by atoms with Crippen molar-refractivity contribution in [3.05, 3.63) is 23.2 Å². The van der Waals surface area contributed by atoms with Crippen molar-refractivity contribution in [1.82, 2.24) is 0 Å². The Labute approximate surface area is 105 Å². The van der Waals surface area contributed by atoms with E-state index in [-0.39, 0.29) is 5.91 Å². The van der Waals surface area contributed by atoms with Crippen molar-refractivity contribution < 1.29 is 4.79 Å². The van der Waals surface area contributed by atoms with Crippen LogP contribution >= 0.6 is 23.4 Å². The number of hydrogen-bond acceptors (Lipinski definition) is 3. The summed E-state index contributed by atoms with van der Waals surface area (Å²) in [7, 11) is 3.85. The van der Waals surface area contributed by atoms with Crippen molar-refractivity contribution in [2.45, 2.75) is 0 Å². The predicted molar refractivity (Wildman–Crippen MR) is 72.8 cm³/mol. The number of benzene rings is 1. The van der Waals surface area contributed by atoms with Gasteiger partial charge in [-0.15, -0.1) is 0 Å². The summed E-state index contributed by atoms with van der Waals surface area (Å²) in [6, 6.07) is 5.49. The number of halogens is 1. The fourth-order valence-corrected chi connectivity index (χ4v) is 1.96. The van der Waals surface area contributed by atoms with Crippen LogP contribution in [0.1, 0.15) is 0 Å². The molecule has 88 valence electrons. The van der Waals surface area contributed by atoms with Gasteiger partial charge in [0, 0.05) is 19.8 Å². The first-order valence-electron chi connectivity index (χ1n) is 4.80. The van der Waals surface area contributed by atoms with Crippen LogP contribution in [0, 0.1) is 0 Å². The second-order valence-corrected chi connectivity index (χ2v) is 4.82. The molecule has 3 nitrogen and oxygen atoms in total. The zero-order valence-electron chi connectivity index (χ0n) is 9.58. The fraction of sp³-hybridized carbons (Fsp3) is 0.364. The molecule has 5 heteroatoms. The molecule has 0 radical (unpaired) electrons. The Balaban J connectivity index is 2.77. The van der Waals surface area contributed by atoms with Crippen LogP contribution in [-0.4, -0.2) is 32.0 Å². The second-order valence-electron chi connectivity index (χ2n) is 3.54. The van der Waals surface area contributed by atoms with Crippen molar-refractivity contribution in [1.29, 1.82) is 0 Å². The summed E-state index contributed by atoms with van der Waals surface area (Å²) in [5.41, 5.74) is 1.67. The van der Waals surface area contributed by atoms with Gasteiger partial charge in [-0.25, -0.2) is 0 Å². The largest absolute Gasteiger partial charge is 0.376 e. The quantitative estimate of drug-likeness (QED) is 0.901. The summed E-state index contributed by atoms with van der Waals surface area (Å²) in [5.74, 6) is 0.439. The van der Waals surface area contributed by atoms with Gasteiger partial charge in [0.15, 0.2) is 0 Å². The summed E-state index contributed by atoms with van der Waals surface area (Å²) >= 11 is 7.57. The molecule has 0 spiro atoms. The van der Waals surface area contributed by atoms with Crippen molar-refractivity contribution in [2.75, 3.05) is 36.3 Å². The molecule has 0 bridgehead atoms. The average molecular weight is 259 g/mol. The van der Waals surface area contributed by atoms with Crippen LogP contribution in [0.4, 0.5) is 11.4 Å². The molecular formula is C11H15ClN2OS. The number of rotatable bonds is 4. The number of nitrogens with one attached hydrogen (secondary N) is 1. The molecule has 0 atom stereocenters. The van der Waals surface area contributed by atoms with Crippen molar-refractivity contribution in [2.24, 2.45) is 0 Å². The van der Waals surface area contributed by atoms with Gasteiger partial charge in [0.25, 0.3) is 0 Å². The molecule has 16 heavy (non-hydrogen) atoms. The lowest BCUT2D eigenvalue weighted by Crippen LogP contribution is -2.14. The van der Waals surface area contributed by atoms with Gasteiger partial charge >= 0.3 is 0 Å². The predicted octanol–water partition coefficient (Wildman–Crippen LogP) is 2.71. The lowest BCUT2D eigenvalue weighted by atomic mass is 10.2. The van der Waals surface area contributed by atoms with Crippen LogP contribution in [0.15, 0.2) is 18.2 Å². The summed E-state index contributed by atoms with van der Waals surface area (Å²) in [6.45, 7) is 0. The highest BCUT2D eigenvalue weighted by molar-refractivity contribution is 7.99.